The van der Waals surface area contributed by atoms with Crippen LogP contribution in [0.1, 0.15) is 39.5 Å². The molecule has 0 radical (unpaired) electrons. The normalized spacial score (nSPS) is 14.1. The van der Waals surface area contributed by atoms with E-state index in [0.717, 1.165) is 12.8 Å². The lowest BCUT2D eigenvalue weighted by molar-refractivity contribution is 0.231. The van der Waals surface area contributed by atoms with Crippen molar-refractivity contribution in [1.29, 1.82) is 0 Å². The van der Waals surface area contributed by atoms with Gasteiger partial charge in [0, 0.05) is 6.61 Å². The van der Waals surface area contributed by atoms with Gasteiger partial charge in [-0.2, -0.15) is 0 Å². The van der Waals surface area contributed by atoms with Gasteiger partial charge in [0.2, 0.25) is 0 Å². The second kappa shape index (κ2) is 7.80. The SMILES string of the molecule is CCC/C=C/CCC(C)CO. The van der Waals surface area contributed by atoms with Gasteiger partial charge >= 0.3 is 0 Å². The lowest BCUT2D eigenvalue weighted by atomic mass is 10.1. The highest BCUT2D eigenvalue weighted by Gasteiger charge is 1.95. The van der Waals surface area contributed by atoms with Crippen LogP contribution >= 0.6 is 0 Å². The van der Waals surface area contributed by atoms with Crippen molar-refractivity contribution >= 4 is 0 Å². The van der Waals surface area contributed by atoms with E-state index in [1.54, 1.807) is 0 Å². The van der Waals surface area contributed by atoms with E-state index in [1.165, 1.54) is 12.8 Å². The second-order valence-corrected chi connectivity index (χ2v) is 3.13. The molecule has 1 heteroatoms. The van der Waals surface area contributed by atoms with Crippen molar-refractivity contribution < 1.29 is 5.11 Å². The van der Waals surface area contributed by atoms with E-state index in [0.29, 0.717) is 12.5 Å². The first kappa shape index (κ1) is 10.7. The molecule has 0 fully saturated rings. The Balaban J connectivity index is 3.12. The molecule has 1 N–H and O–H groups in total. The van der Waals surface area contributed by atoms with Crippen molar-refractivity contribution in [2.24, 2.45) is 5.92 Å². The van der Waals surface area contributed by atoms with Crippen LogP contribution in [0.25, 0.3) is 0 Å². The first-order chi connectivity index (χ1) is 5.31. The third kappa shape index (κ3) is 7.60. The lowest BCUT2D eigenvalue weighted by Crippen LogP contribution is -1.98. The molecular weight excluding hydrogens is 136 g/mol. The summed E-state index contributed by atoms with van der Waals surface area (Å²) in [5, 5.41) is 8.71. The minimum atomic E-state index is 0.321. The van der Waals surface area contributed by atoms with Crippen molar-refractivity contribution in [3.05, 3.63) is 12.2 Å². The summed E-state index contributed by atoms with van der Waals surface area (Å²) in [5.41, 5.74) is 0. The molecule has 1 atom stereocenters. The number of aliphatic hydroxyl groups excluding tert-OH is 1. The summed E-state index contributed by atoms with van der Waals surface area (Å²) in [6, 6.07) is 0. The van der Waals surface area contributed by atoms with Crippen molar-refractivity contribution in [2.75, 3.05) is 6.61 Å². The molecule has 0 saturated heterocycles. The van der Waals surface area contributed by atoms with Gasteiger partial charge in [0.25, 0.3) is 0 Å². The number of aliphatic hydroxyl groups is 1. The lowest BCUT2D eigenvalue weighted by Gasteiger charge is -2.03. The molecule has 0 aliphatic carbocycles. The Hall–Kier alpha value is -0.300. The standard InChI is InChI=1S/C10H20O/c1-3-4-5-6-7-8-10(2)9-11/h5-6,10-11H,3-4,7-9H2,1-2H3/b6-5+. The molecule has 0 aromatic carbocycles. The van der Waals surface area contributed by atoms with Crippen LogP contribution in [0.4, 0.5) is 0 Å². The molecule has 0 rings (SSSR count). The maximum Gasteiger partial charge on any atom is 0.0456 e. The van der Waals surface area contributed by atoms with Crippen molar-refractivity contribution in [1.82, 2.24) is 0 Å². The van der Waals surface area contributed by atoms with E-state index < -0.39 is 0 Å². The van der Waals surface area contributed by atoms with Gasteiger partial charge in [-0.05, 0) is 25.2 Å². The Kier molecular flexibility index (Phi) is 7.59. The quantitative estimate of drug-likeness (QED) is 0.586. The molecule has 0 aromatic heterocycles. The number of hydrogen-bond acceptors (Lipinski definition) is 1. The van der Waals surface area contributed by atoms with Gasteiger partial charge in [0.05, 0.1) is 0 Å². The molecule has 0 aromatic rings. The molecule has 0 saturated carbocycles. The average molecular weight is 156 g/mol. The number of hydrogen-bond donors (Lipinski definition) is 1. The first-order valence-corrected chi connectivity index (χ1v) is 4.57. The monoisotopic (exact) mass is 156 g/mol. The zero-order valence-electron chi connectivity index (χ0n) is 7.71. The molecule has 0 amide bonds. The van der Waals surface area contributed by atoms with Crippen LogP contribution in [0.5, 0.6) is 0 Å². The molecule has 0 aliphatic rings. The van der Waals surface area contributed by atoms with Crippen LogP contribution < -0.4 is 0 Å². The highest BCUT2D eigenvalue weighted by atomic mass is 16.3. The maximum atomic E-state index is 8.71. The number of rotatable bonds is 6. The molecular formula is C10H20O. The topological polar surface area (TPSA) is 20.2 Å². The summed E-state index contributed by atoms with van der Waals surface area (Å²) in [5.74, 6) is 0.460. The molecule has 1 nitrogen and oxygen atoms in total. The van der Waals surface area contributed by atoms with Crippen LogP contribution in [0, 0.1) is 5.92 Å². The molecule has 11 heavy (non-hydrogen) atoms. The molecule has 1 unspecified atom stereocenters. The van der Waals surface area contributed by atoms with Crippen LogP contribution in [-0.4, -0.2) is 11.7 Å². The Morgan fingerprint density at radius 3 is 2.45 bits per heavy atom. The minimum absolute atomic E-state index is 0.321. The molecule has 0 spiro atoms. The van der Waals surface area contributed by atoms with E-state index in [9.17, 15) is 0 Å². The second-order valence-electron chi connectivity index (χ2n) is 3.13. The zero-order valence-corrected chi connectivity index (χ0v) is 7.71. The highest BCUT2D eigenvalue weighted by Crippen LogP contribution is 2.04. The molecule has 0 heterocycles. The average Bonchev–Trinajstić information content (AvgIpc) is 2.04. The summed E-state index contributed by atoms with van der Waals surface area (Å²) in [6.07, 6.45) is 9.08. The fourth-order valence-corrected chi connectivity index (χ4v) is 0.874. The zero-order chi connectivity index (χ0) is 8.53. The Labute approximate surface area is 70.1 Å². The minimum Gasteiger partial charge on any atom is -0.396 e. The summed E-state index contributed by atoms with van der Waals surface area (Å²) in [4.78, 5) is 0. The number of allylic oxidation sites excluding steroid dienone is 2. The molecule has 0 bridgehead atoms. The van der Waals surface area contributed by atoms with Crippen LogP contribution in [-0.2, 0) is 0 Å². The van der Waals surface area contributed by atoms with Crippen LogP contribution in [0.15, 0.2) is 12.2 Å². The largest absolute Gasteiger partial charge is 0.396 e. The summed E-state index contributed by atoms with van der Waals surface area (Å²) >= 11 is 0. The fraction of sp³-hybridized carbons (Fsp3) is 0.800. The Bertz CT molecular complexity index is 97.0. The van der Waals surface area contributed by atoms with Crippen molar-refractivity contribution in [2.45, 2.75) is 39.5 Å². The fourth-order valence-electron chi connectivity index (χ4n) is 0.874. The van der Waals surface area contributed by atoms with Gasteiger partial charge in [0.1, 0.15) is 0 Å². The smallest absolute Gasteiger partial charge is 0.0456 e. The first-order valence-electron chi connectivity index (χ1n) is 4.57. The van der Waals surface area contributed by atoms with Gasteiger partial charge in [-0.1, -0.05) is 32.4 Å². The predicted octanol–water partition coefficient (Wildman–Crippen LogP) is 2.75. The third-order valence-electron chi connectivity index (χ3n) is 1.76. The number of unbranched alkanes of at least 4 members (excludes halogenated alkanes) is 1. The molecule has 0 aliphatic heterocycles. The van der Waals surface area contributed by atoms with Gasteiger partial charge in [-0.3, -0.25) is 0 Å². The van der Waals surface area contributed by atoms with E-state index in [1.807, 2.05) is 0 Å². The van der Waals surface area contributed by atoms with Gasteiger partial charge < -0.3 is 5.11 Å². The van der Waals surface area contributed by atoms with Crippen molar-refractivity contribution in [3.8, 4) is 0 Å². The van der Waals surface area contributed by atoms with E-state index in [2.05, 4.69) is 26.0 Å². The van der Waals surface area contributed by atoms with Crippen LogP contribution in [0.2, 0.25) is 0 Å². The van der Waals surface area contributed by atoms with Gasteiger partial charge in [-0.15, -0.1) is 0 Å². The Morgan fingerprint density at radius 2 is 1.91 bits per heavy atom. The van der Waals surface area contributed by atoms with E-state index in [-0.39, 0.29) is 0 Å². The maximum absolute atomic E-state index is 8.71. The van der Waals surface area contributed by atoms with Gasteiger partial charge in [-0.25, -0.2) is 0 Å². The van der Waals surface area contributed by atoms with Crippen molar-refractivity contribution in [3.63, 3.8) is 0 Å². The Morgan fingerprint density at radius 1 is 1.27 bits per heavy atom. The summed E-state index contributed by atoms with van der Waals surface area (Å²) in [7, 11) is 0. The predicted molar refractivity (Wildman–Crippen MR) is 49.5 cm³/mol. The summed E-state index contributed by atoms with van der Waals surface area (Å²) in [6.45, 7) is 4.58. The third-order valence-corrected chi connectivity index (χ3v) is 1.76. The van der Waals surface area contributed by atoms with E-state index in [4.69, 9.17) is 5.11 Å². The summed E-state index contributed by atoms with van der Waals surface area (Å²) < 4.78 is 0. The molecule has 66 valence electrons. The van der Waals surface area contributed by atoms with Crippen LogP contribution in [0.3, 0.4) is 0 Å². The van der Waals surface area contributed by atoms with E-state index >= 15 is 0 Å². The van der Waals surface area contributed by atoms with Gasteiger partial charge in [0.15, 0.2) is 0 Å². The highest BCUT2D eigenvalue weighted by molar-refractivity contribution is 4.81.